The first-order valence-electron chi connectivity index (χ1n) is 6.95. The van der Waals surface area contributed by atoms with Gasteiger partial charge in [-0.25, -0.2) is 4.79 Å². The topological polar surface area (TPSA) is 65.4 Å². The first kappa shape index (κ1) is 13.1. The number of nitrogens with zero attached hydrogens (tertiary/aromatic N) is 1. The Morgan fingerprint density at radius 1 is 1.45 bits per heavy atom. The van der Waals surface area contributed by atoms with Crippen molar-refractivity contribution in [2.24, 2.45) is 0 Å². The molecule has 0 saturated carbocycles. The molecule has 2 N–H and O–H groups in total. The summed E-state index contributed by atoms with van der Waals surface area (Å²) in [5, 5.41) is 10.9. The molecule has 1 aromatic carbocycles. The van der Waals surface area contributed by atoms with Crippen LogP contribution in [0.5, 0.6) is 0 Å². The lowest BCUT2D eigenvalue weighted by atomic mass is 9.85. The van der Waals surface area contributed by atoms with Crippen LogP contribution in [0.3, 0.4) is 0 Å². The van der Waals surface area contributed by atoms with Crippen LogP contribution in [-0.2, 0) is 11.3 Å². The minimum Gasteiger partial charge on any atom is -0.378 e. The van der Waals surface area contributed by atoms with Crippen molar-refractivity contribution in [3.8, 4) is 0 Å². The van der Waals surface area contributed by atoms with Crippen molar-refractivity contribution < 1.29 is 9.53 Å². The van der Waals surface area contributed by atoms with Crippen LogP contribution in [0.4, 0.5) is 4.79 Å². The minimum atomic E-state index is -0.523. The van der Waals surface area contributed by atoms with Gasteiger partial charge in [0, 0.05) is 26.0 Å². The van der Waals surface area contributed by atoms with Gasteiger partial charge in [0.1, 0.15) is 11.4 Å². The summed E-state index contributed by atoms with van der Waals surface area (Å²) in [4.78, 5) is 14.0. The van der Waals surface area contributed by atoms with Crippen LogP contribution in [0.1, 0.15) is 25.3 Å². The summed E-state index contributed by atoms with van der Waals surface area (Å²) in [7, 11) is 0. The van der Waals surface area contributed by atoms with Gasteiger partial charge in [-0.15, -0.1) is 0 Å². The number of nitrogens with one attached hydrogen (secondary N) is 2. The second-order valence-electron chi connectivity index (χ2n) is 5.54. The second kappa shape index (κ2) is 4.90. The van der Waals surface area contributed by atoms with Gasteiger partial charge in [0.25, 0.3) is 0 Å². The lowest BCUT2D eigenvalue weighted by Crippen LogP contribution is -2.54. The van der Waals surface area contributed by atoms with Gasteiger partial charge >= 0.3 is 6.03 Å². The van der Waals surface area contributed by atoms with E-state index < -0.39 is 5.54 Å². The van der Waals surface area contributed by atoms with Crippen LogP contribution in [0.2, 0.25) is 0 Å². The number of amides is 2. The minimum absolute atomic E-state index is 0.0649. The fourth-order valence-electron chi connectivity index (χ4n) is 3.15. The maximum absolute atomic E-state index is 12.2. The first-order chi connectivity index (χ1) is 9.62. The van der Waals surface area contributed by atoms with Crippen LogP contribution < -0.4 is 5.32 Å². The molecule has 2 aliphatic heterocycles. The van der Waals surface area contributed by atoms with Crippen molar-refractivity contribution in [1.82, 2.24) is 10.2 Å². The Morgan fingerprint density at radius 2 is 2.20 bits per heavy atom. The zero-order valence-corrected chi connectivity index (χ0v) is 11.6. The van der Waals surface area contributed by atoms with Crippen LogP contribution in [0.25, 0.3) is 0 Å². The molecule has 0 bridgehead atoms. The predicted molar refractivity (Wildman–Crippen MR) is 75.6 cm³/mol. The molecular weight excluding hydrogens is 254 g/mol. The highest BCUT2D eigenvalue weighted by molar-refractivity contribution is 6.08. The number of urea groups is 1. The normalized spacial score (nSPS) is 29.9. The van der Waals surface area contributed by atoms with Gasteiger partial charge in [-0.05, 0) is 12.5 Å². The summed E-state index contributed by atoms with van der Waals surface area (Å²) in [6.07, 6.45) is 1.43. The zero-order valence-electron chi connectivity index (χ0n) is 11.6. The molecule has 1 aromatic rings. The molecule has 20 heavy (non-hydrogen) atoms. The number of benzene rings is 1. The molecule has 2 fully saturated rings. The third-order valence-electron chi connectivity index (χ3n) is 4.19. The standard InChI is InChI=1S/C15H19N3O2/c1-11-9-15(7-8-20-11)13(16)17-14(19)18(15)10-12-5-3-2-4-6-12/h2-6,11H,7-10H2,1H3,(H2,16,17,19). The van der Waals surface area contributed by atoms with E-state index in [1.165, 1.54) is 0 Å². The van der Waals surface area contributed by atoms with E-state index in [1.54, 1.807) is 4.90 Å². The predicted octanol–water partition coefficient (Wildman–Crippen LogP) is 2.13. The Labute approximate surface area is 118 Å². The summed E-state index contributed by atoms with van der Waals surface area (Å²) in [6.45, 7) is 3.11. The molecule has 5 heteroatoms. The fourth-order valence-corrected chi connectivity index (χ4v) is 3.15. The van der Waals surface area contributed by atoms with Crippen molar-refractivity contribution in [2.45, 2.75) is 38.0 Å². The largest absolute Gasteiger partial charge is 0.378 e. The average molecular weight is 273 g/mol. The Kier molecular flexibility index (Phi) is 3.22. The fraction of sp³-hybridized carbons (Fsp3) is 0.467. The van der Waals surface area contributed by atoms with Crippen LogP contribution in [-0.4, -0.2) is 35.0 Å². The summed E-state index contributed by atoms with van der Waals surface area (Å²) in [5.41, 5.74) is 0.556. The number of rotatable bonds is 2. The van der Waals surface area contributed by atoms with E-state index in [1.807, 2.05) is 37.3 Å². The van der Waals surface area contributed by atoms with E-state index >= 15 is 0 Å². The van der Waals surface area contributed by atoms with E-state index in [0.717, 1.165) is 5.56 Å². The van der Waals surface area contributed by atoms with Crippen LogP contribution in [0, 0.1) is 5.41 Å². The molecule has 0 radical (unpaired) electrons. The number of carbonyl (C=O) groups is 1. The summed E-state index contributed by atoms with van der Waals surface area (Å²) in [6, 6.07) is 9.73. The van der Waals surface area contributed by atoms with Crippen molar-refractivity contribution in [2.75, 3.05) is 6.61 Å². The Balaban J connectivity index is 1.90. The number of hydrogen-bond donors (Lipinski definition) is 2. The molecule has 0 aromatic heterocycles. The Bertz CT molecular complexity index is 531. The lowest BCUT2D eigenvalue weighted by molar-refractivity contribution is -0.0244. The summed E-state index contributed by atoms with van der Waals surface area (Å²) in [5.74, 6) is 0.314. The highest BCUT2D eigenvalue weighted by Gasteiger charge is 2.52. The molecule has 2 saturated heterocycles. The molecule has 106 valence electrons. The van der Waals surface area contributed by atoms with Gasteiger partial charge in [-0.2, -0.15) is 0 Å². The quantitative estimate of drug-likeness (QED) is 0.867. The molecule has 2 heterocycles. The zero-order chi connectivity index (χ0) is 14.2. The van der Waals surface area contributed by atoms with E-state index in [0.29, 0.717) is 31.8 Å². The molecular formula is C15H19N3O2. The van der Waals surface area contributed by atoms with E-state index in [4.69, 9.17) is 10.1 Å². The molecule has 5 nitrogen and oxygen atoms in total. The van der Waals surface area contributed by atoms with Gasteiger partial charge in [0.05, 0.1) is 6.10 Å². The highest BCUT2D eigenvalue weighted by Crippen LogP contribution is 2.36. The first-order valence-corrected chi connectivity index (χ1v) is 6.95. The second-order valence-corrected chi connectivity index (χ2v) is 5.54. The third-order valence-corrected chi connectivity index (χ3v) is 4.19. The molecule has 0 aliphatic carbocycles. The number of amidine groups is 1. The van der Waals surface area contributed by atoms with E-state index in [9.17, 15) is 4.79 Å². The van der Waals surface area contributed by atoms with Gasteiger partial charge < -0.3 is 9.64 Å². The average Bonchev–Trinajstić information content (AvgIpc) is 2.64. The lowest BCUT2D eigenvalue weighted by Gasteiger charge is -2.41. The monoisotopic (exact) mass is 273 g/mol. The van der Waals surface area contributed by atoms with Crippen molar-refractivity contribution in [3.63, 3.8) is 0 Å². The van der Waals surface area contributed by atoms with Crippen LogP contribution in [0.15, 0.2) is 30.3 Å². The number of hydrogen-bond acceptors (Lipinski definition) is 3. The maximum atomic E-state index is 12.2. The SMILES string of the molecule is CC1CC2(CCO1)C(=N)NC(=O)N2Cc1ccccc1. The molecule has 2 amide bonds. The van der Waals surface area contributed by atoms with Gasteiger partial charge in [0.15, 0.2) is 0 Å². The highest BCUT2D eigenvalue weighted by atomic mass is 16.5. The Morgan fingerprint density at radius 3 is 2.90 bits per heavy atom. The summed E-state index contributed by atoms with van der Waals surface area (Å²) >= 11 is 0. The molecule has 2 aliphatic rings. The number of ether oxygens (including phenoxy) is 1. The van der Waals surface area contributed by atoms with Gasteiger partial charge in [-0.1, -0.05) is 30.3 Å². The van der Waals surface area contributed by atoms with E-state index in [2.05, 4.69) is 5.32 Å². The van der Waals surface area contributed by atoms with Crippen LogP contribution >= 0.6 is 0 Å². The maximum Gasteiger partial charge on any atom is 0.323 e. The van der Waals surface area contributed by atoms with Crippen molar-refractivity contribution in [3.05, 3.63) is 35.9 Å². The van der Waals surface area contributed by atoms with Gasteiger partial charge in [0.2, 0.25) is 0 Å². The molecule has 2 unspecified atom stereocenters. The van der Waals surface area contributed by atoms with Crippen molar-refractivity contribution in [1.29, 1.82) is 5.41 Å². The molecule has 2 atom stereocenters. The van der Waals surface area contributed by atoms with E-state index in [-0.39, 0.29) is 12.1 Å². The van der Waals surface area contributed by atoms with Crippen molar-refractivity contribution >= 4 is 11.9 Å². The number of carbonyl (C=O) groups excluding carboxylic acids is 1. The van der Waals surface area contributed by atoms with Gasteiger partial charge in [-0.3, -0.25) is 10.7 Å². The Hall–Kier alpha value is -1.88. The smallest absolute Gasteiger partial charge is 0.323 e. The molecule has 1 spiro atoms. The molecule has 3 rings (SSSR count). The summed E-state index contributed by atoms with van der Waals surface area (Å²) < 4.78 is 5.58. The third kappa shape index (κ3) is 2.08.